The van der Waals surface area contributed by atoms with Gasteiger partial charge in [-0.25, -0.2) is 15.0 Å². The van der Waals surface area contributed by atoms with Gasteiger partial charge in [-0.3, -0.25) is 0 Å². The third kappa shape index (κ3) is 4.33. The molecule has 0 saturated carbocycles. The fourth-order valence-electron chi connectivity index (χ4n) is 7.70. The molecule has 11 aromatic rings. The molecule has 4 aromatic heterocycles. The van der Waals surface area contributed by atoms with Crippen LogP contribution in [-0.2, 0) is 0 Å². The van der Waals surface area contributed by atoms with Gasteiger partial charge in [-0.1, -0.05) is 127 Å². The number of pyridine rings is 1. The van der Waals surface area contributed by atoms with Crippen molar-refractivity contribution in [2.45, 2.75) is 0 Å². The molecule has 11 rings (SSSR count). The summed E-state index contributed by atoms with van der Waals surface area (Å²) in [5.74, 6) is 0.629. The molecule has 5 nitrogen and oxygen atoms in total. The van der Waals surface area contributed by atoms with Gasteiger partial charge in [-0.05, 0) is 36.4 Å². The standard InChI is InChI=1S/C47H27N3O2/c1-3-13-28(14-4-1)43-37-26-25-33-32-20-12-22-36(45(32)52-46(33)42(37)34-18-7-9-23-38(34)48-43)40-27-39(49-47(50-40)29-15-5-2-6-16-29)35-21-11-19-31-30-17-8-10-24-41(30)51-44(31)35/h1-27H. The summed E-state index contributed by atoms with van der Waals surface area (Å²) in [4.78, 5) is 15.5. The van der Waals surface area contributed by atoms with Gasteiger partial charge in [0.1, 0.15) is 22.3 Å². The molecule has 0 fully saturated rings. The number of furan rings is 2. The molecule has 0 aliphatic carbocycles. The van der Waals surface area contributed by atoms with Gasteiger partial charge in [0, 0.05) is 60.0 Å². The van der Waals surface area contributed by atoms with Crippen LogP contribution in [0.25, 0.3) is 111 Å². The highest BCUT2D eigenvalue weighted by molar-refractivity contribution is 6.25. The summed E-state index contributed by atoms with van der Waals surface area (Å²) in [7, 11) is 0. The van der Waals surface area contributed by atoms with Gasteiger partial charge in [0.05, 0.1) is 22.6 Å². The van der Waals surface area contributed by atoms with Crippen LogP contribution in [0.5, 0.6) is 0 Å². The van der Waals surface area contributed by atoms with Gasteiger partial charge in [0.15, 0.2) is 5.82 Å². The van der Waals surface area contributed by atoms with E-state index in [2.05, 4.69) is 103 Å². The van der Waals surface area contributed by atoms with E-state index in [1.165, 1.54) is 0 Å². The van der Waals surface area contributed by atoms with Crippen molar-refractivity contribution in [3.63, 3.8) is 0 Å². The first-order chi connectivity index (χ1) is 25.8. The van der Waals surface area contributed by atoms with Gasteiger partial charge < -0.3 is 8.83 Å². The molecule has 4 heterocycles. The maximum Gasteiger partial charge on any atom is 0.160 e. The zero-order chi connectivity index (χ0) is 34.2. The number of hydrogen-bond acceptors (Lipinski definition) is 5. The highest BCUT2D eigenvalue weighted by atomic mass is 16.3. The Morgan fingerprint density at radius 2 is 0.923 bits per heavy atom. The molecule has 0 spiro atoms. The van der Waals surface area contributed by atoms with Crippen LogP contribution in [0.2, 0.25) is 0 Å². The molecule has 0 amide bonds. The molecule has 52 heavy (non-hydrogen) atoms. The summed E-state index contributed by atoms with van der Waals surface area (Å²) in [6, 6.07) is 55.9. The molecule has 0 unspecified atom stereocenters. The molecule has 5 heteroatoms. The van der Waals surface area contributed by atoms with E-state index in [4.69, 9.17) is 23.8 Å². The minimum Gasteiger partial charge on any atom is -0.455 e. The maximum atomic E-state index is 7.04. The second-order valence-corrected chi connectivity index (χ2v) is 13.1. The quantitative estimate of drug-likeness (QED) is 0.175. The fraction of sp³-hybridized carbons (Fsp3) is 0. The predicted octanol–water partition coefficient (Wildman–Crippen LogP) is 12.6. The number of hydrogen-bond donors (Lipinski definition) is 0. The van der Waals surface area contributed by atoms with E-state index in [0.717, 1.165) is 105 Å². The molecule has 0 aliphatic rings. The third-order valence-corrected chi connectivity index (χ3v) is 10.1. The van der Waals surface area contributed by atoms with Crippen LogP contribution < -0.4 is 0 Å². The second kappa shape index (κ2) is 11.2. The largest absolute Gasteiger partial charge is 0.455 e. The van der Waals surface area contributed by atoms with E-state index in [1.54, 1.807) is 0 Å². The average molecular weight is 666 g/mol. The summed E-state index contributed by atoms with van der Waals surface area (Å²) in [5, 5.41) is 7.35. The van der Waals surface area contributed by atoms with Gasteiger partial charge in [-0.15, -0.1) is 0 Å². The van der Waals surface area contributed by atoms with Crippen LogP contribution in [0.15, 0.2) is 173 Å². The molecular formula is C47H27N3O2. The van der Waals surface area contributed by atoms with Crippen LogP contribution in [0.1, 0.15) is 0 Å². The lowest BCUT2D eigenvalue weighted by Gasteiger charge is -2.10. The topological polar surface area (TPSA) is 65.0 Å². The Labute approximate surface area is 297 Å². The zero-order valence-corrected chi connectivity index (χ0v) is 27.7. The van der Waals surface area contributed by atoms with Gasteiger partial charge >= 0.3 is 0 Å². The Balaban J connectivity index is 1.20. The van der Waals surface area contributed by atoms with E-state index in [-0.39, 0.29) is 0 Å². The molecule has 0 atom stereocenters. The molecule has 0 saturated heterocycles. The van der Waals surface area contributed by atoms with E-state index in [1.807, 2.05) is 60.7 Å². The molecule has 0 bridgehead atoms. The lowest BCUT2D eigenvalue weighted by molar-refractivity contribution is 0.670. The molecule has 0 radical (unpaired) electrons. The van der Waals surface area contributed by atoms with Crippen molar-refractivity contribution < 1.29 is 8.83 Å². The van der Waals surface area contributed by atoms with Crippen LogP contribution in [-0.4, -0.2) is 15.0 Å². The highest BCUT2D eigenvalue weighted by Crippen LogP contribution is 2.43. The first-order valence-electron chi connectivity index (χ1n) is 17.4. The summed E-state index contributed by atoms with van der Waals surface area (Å²) >= 11 is 0. The molecule has 7 aromatic carbocycles. The normalized spacial score (nSPS) is 11.8. The van der Waals surface area contributed by atoms with Gasteiger partial charge in [0.2, 0.25) is 0 Å². The van der Waals surface area contributed by atoms with E-state index in [0.29, 0.717) is 5.82 Å². The molecule has 242 valence electrons. The summed E-state index contributed by atoms with van der Waals surface area (Å²) in [5.41, 5.74) is 10.5. The fourth-order valence-corrected chi connectivity index (χ4v) is 7.70. The molecule has 0 N–H and O–H groups in total. The Morgan fingerprint density at radius 3 is 1.67 bits per heavy atom. The predicted molar refractivity (Wildman–Crippen MR) is 211 cm³/mol. The van der Waals surface area contributed by atoms with Gasteiger partial charge in [-0.2, -0.15) is 0 Å². The van der Waals surface area contributed by atoms with Crippen LogP contribution in [0, 0.1) is 0 Å². The van der Waals surface area contributed by atoms with Crippen molar-refractivity contribution in [1.82, 2.24) is 15.0 Å². The van der Waals surface area contributed by atoms with E-state index < -0.39 is 0 Å². The minimum absolute atomic E-state index is 0.629. The Hall–Kier alpha value is -7.11. The van der Waals surface area contributed by atoms with E-state index >= 15 is 0 Å². The number of rotatable bonds is 4. The highest BCUT2D eigenvalue weighted by Gasteiger charge is 2.21. The van der Waals surface area contributed by atoms with Crippen molar-refractivity contribution in [3.05, 3.63) is 164 Å². The average Bonchev–Trinajstić information content (AvgIpc) is 3.80. The van der Waals surface area contributed by atoms with Crippen molar-refractivity contribution >= 4 is 65.6 Å². The molecular weight excluding hydrogens is 639 g/mol. The van der Waals surface area contributed by atoms with Crippen molar-refractivity contribution in [2.24, 2.45) is 0 Å². The van der Waals surface area contributed by atoms with Crippen molar-refractivity contribution in [3.8, 4) is 45.2 Å². The number of nitrogens with zero attached hydrogens (tertiary/aromatic N) is 3. The zero-order valence-electron chi connectivity index (χ0n) is 27.7. The van der Waals surface area contributed by atoms with Gasteiger partial charge in [0.25, 0.3) is 0 Å². The summed E-state index contributed by atoms with van der Waals surface area (Å²) in [6.45, 7) is 0. The molecule has 0 aliphatic heterocycles. The number of para-hydroxylation sites is 4. The monoisotopic (exact) mass is 665 g/mol. The summed E-state index contributed by atoms with van der Waals surface area (Å²) < 4.78 is 13.5. The third-order valence-electron chi connectivity index (χ3n) is 10.1. The SMILES string of the molecule is c1ccc(-c2nc(-c3cccc4c3oc3ccccc34)cc(-c3cccc4c3oc3c4ccc4c(-c5ccccc5)nc5ccccc5c43)n2)cc1. The van der Waals surface area contributed by atoms with Crippen molar-refractivity contribution in [2.75, 3.05) is 0 Å². The number of benzene rings is 7. The smallest absolute Gasteiger partial charge is 0.160 e. The van der Waals surface area contributed by atoms with Crippen LogP contribution >= 0.6 is 0 Å². The Kier molecular flexibility index (Phi) is 6.18. The lowest BCUT2D eigenvalue weighted by Crippen LogP contribution is -1.96. The maximum absolute atomic E-state index is 7.04. The Bertz CT molecular complexity index is 3180. The lowest BCUT2D eigenvalue weighted by atomic mass is 9.97. The Morgan fingerprint density at radius 1 is 0.365 bits per heavy atom. The minimum atomic E-state index is 0.629. The first kappa shape index (κ1) is 28.7. The number of aromatic nitrogens is 3. The van der Waals surface area contributed by atoms with Crippen molar-refractivity contribution in [1.29, 1.82) is 0 Å². The summed E-state index contributed by atoms with van der Waals surface area (Å²) in [6.07, 6.45) is 0. The van der Waals surface area contributed by atoms with Crippen LogP contribution in [0.4, 0.5) is 0 Å². The van der Waals surface area contributed by atoms with E-state index in [9.17, 15) is 0 Å². The van der Waals surface area contributed by atoms with Crippen LogP contribution in [0.3, 0.4) is 0 Å². The second-order valence-electron chi connectivity index (χ2n) is 13.1. The first-order valence-corrected chi connectivity index (χ1v) is 17.4. The number of fused-ring (bicyclic) bond motifs is 10.